The topological polar surface area (TPSA) is 94.8 Å². The third-order valence-electron chi connectivity index (χ3n) is 8.21. The van der Waals surface area contributed by atoms with Crippen molar-refractivity contribution >= 4 is 17.5 Å². The lowest BCUT2D eigenvalue weighted by atomic mass is 9.87. The Kier molecular flexibility index (Phi) is 8.20. The molecule has 224 valence electrons. The number of imidazole rings is 1. The maximum absolute atomic E-state index is 14.1. The lowest BCUT2D eigenvalue weighted by molar-refractivity contribution is -0.142. The van der Waals surface area contributed by atoms with E-state index in [9.17, 15) is 9.59 Å². The van der Waals surface area contributed by atoms with Crippen molar-refractivity contribution in [3.05, 3.63) is 88.9 Å². The molecule has 0 fully saturated rings. The Morgan fingerprint density at radius 1 is 1.02 bits per heavy atom. The number of pyridine rings is 1. The summed E-state index contributed by atoms with van der Waals surface area (Å²) in [4.78, 5) is 35.9. The molecule has 4 aromatic rings. The minimum absolute atomic E-state index is 0.0638. The monoisotopic (exact) mass is 584 g/mol. The molecule has 2 aromatic heterocycles. The van der Waals surface area contributed by atoms with Crippen LogP contribution in [-0.4, -0.2) is 84.7 Å². The molecule has 0 saturated carbocycles. The average molecular weight is 585 g/mol. The summed E-state index contributed by atoms with van der Waals surface area (Å²) in [6.07, 6.45) is 4.40. The van der Waals surface area contributed by atoms with Gasteiger partial charge in [0.25, 0.3) is 0 Å². The first-order valence-electron chi connectivity index (χ1n) is 14.5. The highest BCUT2D eigenvalue weighted by Crippen LogP contribution is 2.41. The number of methoxy groups -OCH3 is 2. The summed E-state index contributed by atoms with van der Waals surface area (Å²) in [5.74, 6) is 1.68. The third kappa shape index (κ3) is 5.75. The zero-order valence-electron chi connectivity index (χ0n) is 24.7. The quantitative estimate of drug-likeness (QED) is 0.338. The molecular formula is C33H36N4O6. The number of benzene rings is 2. The summed E-state index contributed by atoms with van der Waals surface area (Å²) in [5, 5.41) is 0. The number of hydrogen-bond donors (Lipinski definition) is 0. The molecule has 7 rings (SSSR count). The van der Waals surface area contributed by atoms with Crippen molar-refractivity contribution in [3.63, 3.8) is 0 Å². The third-order valence-corrected chi connectivity index (χ3v) is 8.21. The number of carbonyl (C=O) groups is 2. The fourth-order valence-electron chi connectivity index (χ4n) is 5.96. The number of fused-ring (bicyclic) bond motifs is 12. The molecule has 1 unspecified atom stereocenters. The Hall–Kier alpha value is -4.57. The van der Waals surface area contributed by atoms with Gasteiger partial charge in [-0.15, -0.1) is 0 Å². The standard InChI is InChI=1S/C33H36N4O6/c1-22-5-4-11-36-25(20-34-33(22)36)18-30(38)35-13-14-42-15-16-43-26-8-6-23(7-9-26)32-27-19-29(41-3)28(40-2)17-24(27)10-12-37(32)31(39)21-35/h4-9,11,17,19-20,32H,10,12-16,18,21H2,1-3H3. The van der Waals surface area contributed by atoms with E-state index in [0.29, 0.717) is 37.7 Å². The number of amides is 2. The molecule has 10 heteroatoms. The van der Waals surface area contributed by atoms with Crippen LogP contribution in [0.3, 0.4) is 0 Å². The summed E-state index contributed by atoms with van der Waals surface area (Å²) >= 11 is 0. The fraction of sp³-hybridized carbons (Fsp3) is 0.364. The van der Waals surface area contributed by atoms with E-state index in [1.807, 2.05) is 71.0 Å². The van der Waals surface area contributed by atoms with Crippen LogP contribution in [0, 0.1) is 6.92 Å². The normalized spacial score (nSPS) is 17.5. The van der Waals surface area contributed by atoms with Gasteiger partial charge in [-0.3, -0.25) is 9.59 Å². The van der Waals surface area contributed by atoms with Crippen LogP contribution < -0.4 is 14.2 Å². The summed E-state index contributed by atoms with van der Waals surface area (Å²) in [5.41, 5.74) is 5.62. The molecule has 0 saturated heterocycles. The predicted molar refractivity (Wildman–Crippen MR) is 160 cm³/mol. The first kappa shape index (κ1) is 28.5. The van der Waals surface area contributed by atoms with Gasteiger partial charge in [0, 0.05) is 25.5 Å². The largest absolute Gasteiger partial charge is 0.493 e. The highest BCUT2D eigenvalue weighted by molar-refractivity contribution is 5.86. The van der Waals surface area contributed by atoms with Gasteiger partial charge in [-0.2, -0.15) is 0 Å². The van der Waals surface area contributed by atoms with Crippen LogP contribution >= 0.6 is 0 Å². The van der Waals surface area contributed by atoms with Crippen LogP contribution in [0.1, 0.15) is 34.0 Å². The van der Waals surface area contributed by atoms with Gasteiger partial charge in [0.15, 0.2) is 11.5 Å². The second-order valence-electron chi connectivity index (χ2n) is 10.8. The van der Waals surface area contributed by atoms with Crippen molar-refractivity contribution in [2.24, 2.45) is 0 Å². The van der Waals surface area contributed by atoms with Gasteiger partial charge in [0.05, 0.1) is 52.1 Å². The minimum atomic E-state index is -0.370. The maximum atomic E-state index is 14.1. The maximum Gasteiger partial charge on any atom is 0.242 e. The predicted octanol–water partition coefficient (Wildman–Crippen LogP) is 3.61. The summed E-state index contributed by atoms with van der Waals surface area (Å²) < 4.78 is 24.8. The summed E-state index contributed by atoms with van der Waals surface area (Å²) in [6.45, 7) is 3.74. The molecule has 1 atom stereocenters. The summed E-state index contributed by atoms with van der Waals surface area (Å²) in [7, 11) is 3.23. The zero-order valence-corrected chi connectivity index (χ0v) is 24.7. The van der Waals surface area contributed by atoms with Crippen molar-refractivity contribution in [2.75, 3.05) is 53.7 Å². The molecule has 0 radical (unpaired) electrons. The van der Waals surface area contributed by atoms with Gasteiger partial charge in [-0.1, -0.05) is 18.2 Å². The van der Waals surface area contributed by atoms with Crippen LogP contribution in [0.15, 0.2) is 60.9 Å². The van der Waals surface area contributed by atoms with E-state index in [4.69, 9.17) is 18.9 Å². The van der Waals surface area contributed by atoms with Crippen LogP contribution in [0.5, 0.6) is 17.2 Å². The number of nitrogens with zero attached hydrogens (tertiary/aromatic N) is 4. The van der Waals surface area contributed by atoms with Gasteiger partial charge in [0.2, 0.25) is 11.8 Å². The van der Waals surface area contributed by atoms with Gasteiger partial charge < -0.3 is 33.1 Å². The van der Waals surface area contributed by atoms with E-state index in [1.54, 1.807) is 25.3 Å². The number of carbonyl (C=O) groups excluding carboxylic acids is 2. The van der Waals surface area contributed by atoms with Crippen LogP contribution in [0.2, 0.25) is 0 Å². The zero-order chi connectivity index (χ0) is 29.9. The number of aromatic nitrogens is 2. The molecule has 0 N–H and O–H groups in total. The van der Waals surface area contributed by atoms with Crippen molar-refractivity contribution in [1.29, 1.82) is 0 Å². The fourth-order valence-corrected chi connectivity index (χ4v) is 5.96. The van der Waals surface area contributed by atoms with E-state index in [0.717, 1.165) is 39.3 Å². The highest BCUT2D eigenvalue weighted by atomic mass is 16.5. The molecular weight excluding hydrogens is 548 g/mol. The van der Waals surface area contributed by atoms with Crippen molar-refractivity contribution in [2.45, 2.75) is 25.8 Å². The number of aryl methyl sites for hydroxylation is 1. The second kappa shape index (κ2) is 12.3. The average Bonchev–Trinajstić information content (AvgIpc) is 3.44. The van der Waals surface area contributed by atoms with E-state index < -0.39 is 0 Å². The molecule has 10 nitrogen and oxygen atoms in total. The molecule has 2 amide bonds. The molecule has 0 spiro atoms. The van der Waals surface area contributed by atoms with Gasteiger partial charge in [-0.25, -0.2) is 4.98 Å². The first-order valence-corrected chi connectivity index (χ1v) is 14.5. The first-order chi connectivity index (χ1) is 21.0. The second-order valence-corrected chi connectivity index (χ2v) is 10.8. The molecule has 0 aliphatic carbocycles. The molecule has 2 aromatic carbocycles. The molecule has 3 aliphatic rings. The van der Waals surface area contributed by atoms with E-state index in [-0.39, 0.29) is 44.0 Å². The molecule has 3 aliphatic heterocycles. The Balaban J connectivity index is 1.33. The number of ether oxygens (including phenoxy) is 4. The Bertz CT molecular complexity index is 1630. The van der Waals surface area contributed by atoms with E-state index in [2.05, 4.69) is 4.98 Å². The SMILES string of the molecule is COc1cc2c(cc1OC)C1c3ccc(cc3)OCCOCCN(C(=O)Cc3cnc4c(C)cccn34)CC(=O)N1CC2. The van der Waals surface area contributed by atoms with E-state index >= 15 is 0 Å². The Labute approximate surface area is 250 Å². The molecule has 5 heterocycles. The van der Waals surface area contributed by atoms with Gasteiger partial charge >= 0.3 is 0 Å². The van der Waals surface area contributed by atoms with Crippen molar-refractivity contribution in [3.8, 4) is 17.2 Å². The van der Waals surface area contributed by atoms with Crippen LogP contribution in [0.4, 0.5) is 0 Å². The number of rotatable bonds is 4. The summed E-state index contributed by atoms with van der Waals surface area (Å²) in [6, 6.07) is 15.3. The minimum Gasteiger partial charge on any atom is -0.493 e. The van der Waals surface area contributed by atoms with Crippen LogP contribution in [0.25, 0.3) is 5.65 Å². The lowest BCUT2D eigenvalue weighted by Gasteiger charge is -2.39. The number of hydrogen-bond acceptors (Lipinski definition) is 7. The highest BCUT2D eigenvalue weighted by Gasteiger charge is 2.34. The van der Waals surface area contributed by atoms with Crippen molar-refractivity contribution < 1.29 is 28.5 Å². The smallest absolute Gasteiger partial charge is 0.242 e. The van der Waals surface area contributed by atoms with Crippen LogP contribution in [-0.2, 0) is 27.2 Å². The lowest BCUT2D eigenvalue weighted by Crippen LogP contribution is -2.48. The Morgan fingerprint density at radius 2 is 1.81 bits per heavy atom. The van der Waals surface area contributed by atoms with Gasteiger partial charge in [0.1, 0.15) is 18.0 Å². The van der Waals surface area contributed by atoms with Gasteiger partial charge in [-0.05, 0) is 65.9 Å². The Morgan fingerprint density at radius 3 is 2.60 bits per heavy atom. The molecule has 2 bridgehead atoms. The van der Waals surface area contributed by atoms with Crippen molar-refractivity contribution in [1.82, 2.24) is 19.2 Å². The van der Waals surface area contributed by atoms with E-state index in [1.165, 1.54) is 0 Å². The molecule has 43 heavy (non-hydrogen) atoms.